The molecule has 0 aliphatic heterocycles. The van der Waals surface area contributed by atoms with Crippen LogP contribution in [-0.2, 0) is 5.41 Å². The van der Waals surface area contributed by atoms with Gasteiger partial charge in [-0.1, -0.05) is 152 Å². The number of anilines is 3. The summed E-state index contributed by atoms with van der Waals surface area (Å²) in [6.07, 6.45) is 0. The number of nitrogens with zero attached hydrogens (tertiary/aromatic N) is 1. The van der Waals surface area contributed by atoms with Gasteiger partial charge in [0.05, 0.1) is 0 Å². The molecule has 0 amide bonds. The predicted octanol–water partition coefficient (Wildman–Crippen LogP) is 14.9. The molecule has 1 aliphatic rings. The number of benzene rings is 9. The molecule has 0 bridgehead atoms. The summed E-state index contributed by atoms with van der Waals surface area (Å²) in [6.45, 7) is 2.35. The summed E-state index contributed by atoms with van der Waals surface area (Å²) in [5.41, 5.74) is 16.0. The van der Waals surface area contributed by atoms with E-state index in [0.717, 1.165) is 39.0 Å². The smallest absolute Gasteiger partial charge is 0.137 e. The minimum absolute atomic E-state index is 0.284. The number of hydrogen-bond donors (Lipinski definition) is 0. The lowest BCUT2D eigenvalue weighted by Crippen LogP contribution is -2.22. The van der Waals surface area contributed by atoms with E-state index in [1.54, 1.807) is 0 Å². The van der Waals surface area contributed by atoms with Crippen LogP contribution in [0.2, 0.25) is 0 Å². The van der Waals surface area contributed by atoms with E-state index in [4.69, 9.17) is 4.42 Å². The Bertz CT molecular complexity index is 3040. The van der Waals surface area contributed by atoms with Gasteiger partial charge in [-0.15, -0.1) is 0 Å². The van der Waals surface area contributed by atoms with Crippen LogP contribution >= 0.6 is 0 Å². The van der Waals surface area contributed by atoms with Gasteiger partial charge in [-0.2, -0.15) is 0 Å². The van der Waals surface area contributed by atoms with Gasteiger partial charge < -0.3 is 9.32 Å². The highest BCUT2D eigenvalue weighted by Gasteiger charge is 2.40. The molecule has 11 rings (SSSR count). The second-order valence-electron chi connectivity index (χ2n) is 15.1. The summed E-state index contributed by atoms with van der Waals surface area (Å²) in [6, 6.07) is 74.6. The molecule has 56 heavy (non-hydrogen) atoms. The molecule has 0 N–H and O–H groups in total. The fourth-order valence-corrected chi connectivity index (χ4v) is 9.03. The third kappa shape index (κ3) is 5.11. The van der Waals surface area contributed by atoms with Crippen molar-refractivity contribution in [1.82, 2.24) is 0 Å². The number of fused-ring (bicyclic) bond motifs is 7. The molecule has 0 saturated carbocycles. The normalized spacial score (nSPS) is 12.9. The molecule has 0 atom stereocenters. The molecule has 0 saturated heterocycles. The first kappa shape index (κ1) is 32.3. The molecule has 1 heterocycles. The molecule has 1 aromatic heterocycles. The number of rotatable bonds is 6. The zero-order chi connectivity index (χ0) is 37.2. The van der Waals surface area contributed by atoms with Gasteiger partial charge in [0.15, 0.2) is 0 Å². The van der Waals surface area contributed by atoms with Crippen molar-refractivity contribution in [3.63, 3.8) is 0 Å². The van der Waals surface area contributed by atoms with Crippen LogP contribution in [0.1, 0.15) is 23.6 Å². The number of furan rings is 1. The summed E-state index contributed by atoms with van der Waals surface area (Å²) >= 11 is 0. The van der Waals surface area contributed by atoms with E-state index in [2.05, 4.69) is 218 Å². The Morgan fingerprint density at radius 1 is 0.375 bits per heavy atom. The van der Waals surface area contributed by atoms with E-state index in [0.29, 0.717) is 0 Å². The maximum absolute atomic E-state index is 6.80. The maximum Gasteiger partial charge on any atom is 0.137 e. The number of hydrogen-bond acceptors (Lipinski definition) is 2. The lowest BCUT2D eigenvalue weighted by molar-refractivity contribution is 0.662. The van der Waals surface area contributed by atoms with Crippen LogP contribution in [-0.4, -0.2) is 0 Å². The van der Waals surface area contributed by atoms with Crippen LogP contribution in [0.4, 0.5) is 17.1 Å². The molecule has 2 heteroatoms. The van der Waals surface area contributed by atoms with Crippen molar-refractivity contribution in [1.29, 1.82) is 0 Å². The molecule has 10 aromatic rings. The Balaban J connectivity index is 1.01. The fraction of sp³-hybridized carbons (Fsp3) is 0.0370. The third-order valence-corrected chi connectivity index (χ3v) is 12.0. The highest BCUT2D eigenvalue weighted by Crippen LogP contribution is 2.53. The maximum atomic E-state index is 6.80. The predicted molar refractivity (Wildman–Crippen MR) is 234 cm³/mol. The van der Waals surface area contributed by atoms with Gasteiger partial charge in [-0.05, 0) is 116 Å². The molecule has 0 spiro atoms. The van der Waals surface area contributed by atoms with E-state index in [9.17, 15) is 0 Å². The van der Waals surface area contributed by atoms with Crippen molar-refractivity contribution in [2.45, 2.75) is 12.3 Å². The second-order valence-corrected chi connectivity index (χ2v) is 15.1. The molecule has 0 radical (unpaired) electrons. The summed E-state index contributed by atoms with van der Waals surface area (Å²) in [7, 11) is 0. The van der Waals surface area contributed by atoms with Crippen LogP contribution in [0.3, 0.4) is 0 Å². The summed E-state index contributed by atoms with van der Waals surface area (Å²) < 4.78 is 6.80. The van der Waals surface area contributed by atoms with Crippen molar-refractivity contribution >= 4 is 49.8 Å². The highest BCUT2D eigenvalue weighted by molar-refractivity contribution is 6.06. The van der Waals surface area contributed by atoms with Crippen molar-refractivity contribution in [3.05, 3.63) is 223 Å². The lowest BCUT2D eigenvalue weighted by atomic mass is 9.74. The first-order chi connectivity index (χ1) is 27.6. The summed E-state index contributed by atoms with van der Waals surface area (Å²) in [5, 5.41) is 4.72. The van der Waals surface area contributed by atoms with E-state index >= 15 is 0 Å². The fourth-order valence-electron chi connectivity index (χ4n) is 9.03. The van der Waals surface area contributed by atoms with Crippen LogP contribution < -0.4 is 4.90 Å². The van der Waals surface area contributed by atoms with Crippen LogP contribution in [0, 0.1) is 0 Å². The lowest BCUT2D eigenvalue weighted by Gasteiger charge is -2.28. The summed E-state index contributed by atoms with van der Waals surface area (Å²) in [4.78, 5) is 2.32. The van der Waals surface area contributed by atoms with Gasteiger partial charge in [0.1, 0.15) is 11.2 Å². The Labute approximate surface area is 326 Å². The van der Waals surface area contributed by atoms with Crippen molar-refractivity contribution in [2.24, 2.45) is 0 Å². The largest absolute Gasteiger partial charge is 0.456 e. The van der Waals surface area contributed by atoms with Gasteiger partial charge >= 0.3 is 0 Å². The van der Waals surface area contributed by atoms with E-state index in [1.807, 2.05) is 0 Å². The van der Waals surface area contributed by atoms with Crippen molar-refractivity contribution in [3.8, 4) is 33.4 Å². The minimum Gasteiger partial charge on any atom is -0.456 e. The van der Waals surface area contributed by atoms with Crippen molar-refractivity contribution in [2.75, 3.05) is 4.90 Å². The Morgan fingerprint density at radius 2 is 0.875 bits per heavy atom. The van der Waals surface area contributed by atoms with Gasteiger partial charge in [-0.3, -0.25) is 0 Å². The Hall–Kier alpha value is -7.16. The van der Waals surface area contributed by atoms with Gasteiger partial charge in [0.2, 0.25) is 0 Å². The molecular weight excluding hydrogens is 679 g/mol. The van der Waals surface area contributed by atoms with E-state index in [1.165, 1.54) is 60.8 Å². The van der Waals surface area contributed by atoms with Gasteiger partial charge in [0.25, 0.3) is 0 Å². The van der Waals surface area contributed by atoms with Crippen LogP contribution in [0.5, 0.6) is 0 Å². The van der Waals surface area contributed by atoms with Crippen LogP contribution in [0.15, 0.2) is 211 Å². The average Bonchev–Trinajstić information content (AvgIpc) is 3.76. The molecule has 0 unspecified atom stereocenters. The standard InChI is InChI=1S/C54H37NO/c1-54(50-17-9-7-15-46(50)47-16-8-10-18-51(47)54)42-25-31-48-49-32-30-45(35-53(49)56-52(48)34-42)55(43-26-21-38(22-27-43)36-11-3-2-4-12-36)44-28-23-39(24-29-44)41-20-19-37-13-5-6-14-40(37)33-41/h2-35H,1H3. The molecule has 2 nitrogen and oxygen atoms in total. The topological polar surface area (TPSA) is 16.4 Å². The monoisotopic (exact) mass is 715 g/mol. The van der Waals surface area contributed by atoms with Crippen LogP contribution in [0.25, 0.3) is 66.1 Å². The SMILES string of the molecule is CC1(c2ccc3c(c2)oc2cc(N(c4ccc(-c5ccccc5)cc4)c4ccc(-c5ccc6ccccc6c5)cc4)ccc23)c2ccccc2-c2ccccc21. The molecule has 0 fully saturated rings. The van der Waals surface area contributed by atoms with Gasteiger partial charge in [-0.25, -0.2) is 0 Å². The molecule has 264 valence electrons. The van der Waals surface area contributed by atoms with Gasteiger partial charge in [0, 0.05) is 39.3 Å². The Morgan fingerprint density at radius 3 is 1.55 bits per heavy atom. The minimum atomic E-state index is -0.284. The Kier molecular flexibility index (Phi) is 7.33. The average molecular weight is 716 g/mol. The summed E-state index contributed by atoms with van der Waals surface area (Å²) in [5.74, 6) is 0. The molecule has 9 aromatic carbocycles. The zero-order valence-electron chi connectivity index (χ0n) is 31.0. The first-order valence-corrected chi connectivity index (χ1v) is 19.3. The van der Waals surface area contributed by atoms with E-state index in [-0.39, 0.29) is 5.41 Å². The quantitative estimate of drug-likeness (QED) is 0.170. The first-order valence-electron chi connectivity index (χ1n) is 19.3. The van der Waals surface area contributed by atoms with Crippen molar-refractivity contribution < 1.29 is 4.42 Å². The second kappa shape index (κ2) is 12.7. The molecular formula is C54H37NO. The highest BCUT2D eigenvalue weighted by atomic mass is 16.3. The zero-order valence-corrected chi connectivity index (χ0v) is 31.0. The van der Waals surface area contributed by atoms with E-state index < -0.39 is 0 Å². The molecule has 1 aliphatic carbocycles. The third-order valence-electron chi connectivity index (χ3n) is 12.0.